The first kappa shape index (κ1) is 12.2. The molecule has 4 heteroatoms. The lowest BCUT2D eigenvalue weighted by atomic mass is 10.2. The smallest absolute Gasteiger partial charge is 0.266 e. The van der Waals surface area contributed by atoms with Crippen molar-refractivity contribution in [3.63, 3.8) is 0 Å². The van der Waals surface area contributed by atoms with Crippen LogP contribution in [0.3, 0.4) is 0 Å². The molecule has 0 aliphatic rings. The quantitative estimate of drug-likeness (QED) is 0.554. The van der Waals surface area contributed by atoms with Gasteiger partial charge in [0.1, 0.15) is 0 Å². The van der Waals surface area contributed by atoms with Crippen LogP contribution in [0.4, 0.5) is 0 Å². The highest BCUT2D eigenvalue weighted by atomic mass is 35.5. The van der Waals surface area contributed by atoms with Crippen molar-refractivity contribution < 1.29 is 0 Å². The van der Waals surface area contributed by atoms with Crippen LogP contribution in [0, 0.1) is 6.92 Å². The van der Waals surface area contributed by atoms with Crippen LogP contribution in [-0.4, -0.2) is 15.7 Å². The molecule has 1 rings (SSSR count). The third-order valence-corrected chi connectivity index (χ3v) is 2.52. The molecule has 0 saturated heterocycles. The SMILES string of the molecule is Cc1ccc(=O)n(CCCCCCCl)n1. The summed E-state index contributed by atoms with van der Waals surface area (Å²) >= 11 is 5.58. The second-order valence-corrected chi connectivity index (χ2v) is 4.02. The zero-order valence-corrected chi connectivity index (χ0v) is 9.83. The van der Waals surface area contributed by atoms with E-state index in [1.807, 2.05) is 6.92 Å². The monoisotopic (exact) mass is 228 g/mol. The fourth-order valence-corrected chi connectivity index (χ4v) is 1.61. The number of aryl methyl sites for hydroxylation is 2. The minimum atomic E-state index is -0.0158. The Morgan fingerprint density at radius 1 is 1.27 bits per heavy atom. The van der Waals surface area contributed by atoms with Gasteiger partial charge in [0.05, 0.1) is 5.69 Å². The Morgan fingerprint density at radius 2 is 2.00 bits per heavy atom. The summed E-state index contributed by atoms with van der Waals surface area (Å²) in [4.78, 5) is 11.4. The predicted octanol–water partition coefficient (Wildman–Crippen LogP) is 2.35. The van der Waals surface area contributed by atoms with E-state index < -0.39 is 0 Å². The average molecular weight is 229 g/mol. The first-order valence-corrected chi connectivity index (χ1v) is 5.88. The Bertz CT molecular complexity index is 349. The Balaban J connectivity index is 2.37. The van der Waals surface area contributed by atoms with E-state index in [2.05, 4.69) is 5.10 Å². The lowest BCUT2D eigenvalue weighted by Crippen LogP contribution is -2.22. The van der Waals surface area contributed by atoms with E-state index in [1.54, 1.807) is 12.1 Å². The number of nitrogens with zero attached hydrogens (tertiary/aromatic N) is 2. The number of hydrogen-bond donors (Lipinski definition) is 0. The molecule has 1 aromatic heterocycles. The third kappa shape index (κ3) is 4.47. The van der Waals surface area contributed by atoms with Crippen molar-refractivity contribution >= 4 is 11.6 Å². The molecule has 0 saturated carbocycles. The second-order valence-electron chi connectivity index (χ2n) is 3.64. The number of rotatable bonds is 6. The average Bonchev–Trinajstić information content (AvgIpc) is 2.23. The van der Waals surface area contributed by atoms with Gasteiger partial charge in [0.2, 0.25) is 0 Å². The lowest BCUT2D eigenvalue weighted by Gasteiger charge is -2.04. The molecule has 3 nitrogen and oxygen atoms in total. The number of unbranched alkanes of at least 4 members (excludes halogenated alkanes) is 3. The van der Waals surface area contributed by atoms with Crippen molar-refractivity contribution in [3.8, 4) is 0 Å². The maximum Gasteiger partial charge on any atom is 0.266 e. The van der Waals surface area contributed by atoms with Crippen LogP contribution in [0.1, 0.15) is 31.4 Å². The molecular formula is C11H17ClN2O. The highest BCUT2D eigenvalue weighted by molar-refractivity contribution is 6.17. The highest BCUT2D eigenvalue weighted by Gasteiger charge is 1.97. The van der Waals surface area contributed by atoms with Gasteiger partial charge in [0.25, 0.3) is 5.56 Å². The van der Waals surface area contributed by atoms with Crippen LogP contribution >= 0.6 is 11.6 Å². The van der Waals surface area contributed by atoms with Gasteiger partial charge in [-0.25, -0.2) is 4.68 Å². The number of alkyl halides is 1. The van der Waals surface area contributed by atoms with E-state index in [9.17, 15) is 4.79 Å². The standard InChI is InChI=1S/C11H17ClN2O/c1-10-6-7-11(15)14(13-10)9-5-3-2-4-8-12/h6-7H,2-5,8-9H2,1H3. The van der Waals surface area contributed by atoms with Gasteiger partial charge in [-0.15, -0.1) is 11.6 Å². The minimum Gasteiger partial charge on any atom is -0.268 e. The predicted molar refractivity (Wildman–Crippen MR) is 62.4 cm³/mol. The Labute approximate surface area is 95.1 Å². The molecule has 0 amide bonds. The molecule has 0 spiro atoms. The van der Waals surface area contributed by atoms with E-state index in [0.717, 1.165) is 37.3 Å². The summed E-state index contributed by atoms with van der Waals surface area (Å²) in [7, 11) is 0. The fourth-order valence-electron chi connectivity index (χ4n) is 1.42. The molecule has 0 fully saturated rings. The van der Waals surface area contributed by atoms with E-state index in [4.69, 9.17) is 11.6 Å². The molecule has 0 aliphatic carbocycles. The van der Waals surface area contributed by atoms with Crippen LogP contribution < -0.4 is 5.56 Å². The molecule has 0 radical (unpaired) electrons. The van der Waals surface area contributed by atoms with Crippen molar-refractivity contribution in [1.29, 1.82) is 0 Å². The van der Waals surface area contributed by atoms with Crippen LogP contribution in [0.5, 0.6) is 0 Å². The van der Waals surface area contributed by atoms with Gasteiger partial charge in [-0.05, 0) is 25.8 Å². The summed E-state index contributed by atoms with van der Waals surface area (Å²) in [6, 6.07) is 3.31. The van der Waals surface area contributed by atoms with Gasteiger partial charge in [0.15, 0.2) is 0 Å². The Kier molecular flexibility index (Phi) is 5.40. The van der Waals surface area contributed by atoms with Crippen molar-refractivity contribution in [2.24, 2.45) is 0 Å². The van der Waals surface area contributed by atoms with Crippen molar-refractivity contribution in [2.45, 2.75) is 39.2 Å². The minimum absolute atomic E-state index is 0.0158. The van der Waals surface area contributed by atoms with Gasteiger partial charge >= 0.3 is 0 Å². The molecular weight excluding hydrogens is 212 g/mol. The maximum absolute atomic E-state index is 11.4. The molecule has 1 aromatic rings. The normalized spacial score (nSPS) is 10.5. The van der Waals surface area contributed by atoms with Crippen LogP contribution in [0.15, 0.2) is 16.9 Å². The first-order chi connectivity index (χ1) is 7.24. The summed E-state index contributed by atoms with van der Waals surface area (Å²) in [5, 5.41) is 4.17. The summed E-state index contributed by atoms with van der Waals surface area (Å²) in [5.74, 6) is 0.725. The number of hydrogen-bond acceptors (Lipinski definition) is 2. The molecule has 0 bridgehead atoms. The molecule has 0 atom stereocenters. The van der Waals surface area contributed by atoms with Crippen LogP contribution in [0.25, 0.3) is 0 Å². The van der Waals surface area contributed by atoms with Gasteiger partial charge in [-0.3, -0.25) is 4.79 Å². The molecule has 0 N–H and O–H groups in total. The largest absolute Gasteiger partial charge is 0.268 e. The zero-order valence-electron chi connectivity index (χ0n) is 9.08. The van der Waals surface area contributed by atoms with E-state index in [-0.39, 0.29) is 5.56 Å². The van der Waals surface area contributed by atoms with Crippen molar-refractivity contribution in [2.75, 3.05) is 5.88 Å². The molecule has 84 valence electrons. The number of halogens is 1. The van der Waals surface area contributed by atoms with E-state index >= 15 is 0 Å². The van der Waals surface area contributed by atoms with Gasteiger partial charge in [0, 0.05) is 18.5 Å². The second kappa shape index (κ2) is 6.62. The summed E-state index contributed by atoms with van der Waals surface area (Å²) in [6.45, 7) is 2.60. The molecule has 0 unspecified atom stereocenters. The molecule has 15 heavy (non-hydrogen) atoms. The van der Waals surface area contributed by atoms with Crippen molar-refractivity contribution in [1.82, 2.24) is 9.78 Å². The third-order valence-electron chi connectivity index (χ3n) is 2.25. The highest BCUT2D eigenvalue weighted by Crippen LogP contribution is 2.01. The summed E-state index contributed by atoms with van der Waals surface area (Å²) in [5.41, 5.74) is 0.869. The zero-order chi connectivity index (χ0) is 11.1. The van der Waals surface area contributed by atoms with Gasteiger partial charge < -0.3 is 0 Å². The number of aromatic nitrogens is 2. The Hall–Kier alpha value is -0.830. The Morgan fingerprint density at radius 3 is 2.73 bits per heavy atom. The van der Waals surface area contributed by atoms with Gasteiger partial charge in [-0.2, -0.15) is 5.10 Å². The van der Waals surface area contributed by atoms with E-state index in [0.29, 0.717) is 6.54 Å². The van der Waals surface area contributed by atoms with Crippen LogP contribution in [0.2, 0.25) is 0 Å². The first-order valence-electron chi connectivity index (χ1n) is 5.35. The van der Waals surface area contributed by atoms with Crippen molar-refractivity contribution in [3.05, 3.63) is 28.2 Å². The van der Waals surface area contributed by atoms with Crippen LogP contribution in [-0.2, 0) is 6.54 Å². The maximum atomic E-state index is 11.4. The molecule has 1 heterocycles. The summed E-state index contributed by atoms with van der Waals surface area (Å²) in [6.07, 6.45) is 4.28. The fraction of sp³-hybridized carbons (Fsp3) is 0.636. The van der Waals surface area contributed by atoms with Gasteiger partial charge in [-0.1, -0.05) is 12.8 Å². The van der Waals surface area contributed by atoms with E-state index in [1.165, 1.54) is 4.68 Å². The molecule has 0 aromatic carbocycles. The topological polar surface area (TPSA) is 34.9 Å². The summed E-state index contributed by atoms with van der Waals surface area (Å²) < 4.78 is 1.54. The molecule has 0 aliphatic heterocycles. The lowest BCUT2D eigenvalue weighted by molar-refractivity contribution is 0.515.